The number of hydrogen-bond donors (Lipinski definition) is 0. The van der Waals surface area contributed by atoms with Crippen LogP contribution in [-0.2, 0) is 19.8 Å². The highest BCUT2D eigenvalue weighted by atomic mass is 16.2. The van der Waals surface area contributed by atoms with Crippen LogP contribution in [0.3, 0.4) is 0 Å². The molecule has 0 amide bonds. The van der Waals surface area contributed by atoms with Gasteiger partial charge in [-0.1, -0.05) is 60.7 Å². The minimum Gasteiger partial charge on any atom is -0.301 e. The number of aldehydes is 2. The van der Waals surface area contributed by atoms with E-state index in [9.17, 15) is 14.4 Å². The van der Waals surface area contributed by atoms with E-state index in [0.717, 1.165) is 0 Å². The van der Waals surface area contributed by atoms with Crippen LogP contribution in [0.1, 0.15) is 11.1 Å². The molecule has 0 atom stereocenters. The van der Waals surface area contributed by atoms with Crippen LogP contribution in [0.4, 0.5) is 0 Å². The van der Waals surface area contributed by atoms with Crippen LogP contribution in [0.25, 0.3) is 0 Å². The molecule has 0 radical (unpaired) electrons. The molecule has 0 spiro atoms. The maximum atomic E-state index is 12.1. The summed E-state index contributed by atoms with van der Waals surface area (Å²) >= 11 is 0. The molecule has 19 heavy (non-hydrogen) atoms. The Morgan fingerprint density at radius 3 is 1.53 bits per heavy atom. The third kappa shape index (κ3) is 2.10. The first kappa shape index (κ1) is 12.9. The largest absolute Gasteiger partial charge is 0.301 e. The average molecular weight is 252 g/mol. The summed E-state index contributed by atoms with van der Waals surface area (Å²) in [5.74, 6) is -0.764. The number of carbonyl (C=O) groups excluding carboxylic acids is 3. The molecule has 0 heterocycles. The maximum absolute atomic E-state index is 12.1. The van der Waals surface area contributed by atoms with E-state index in [-0.39, 0.29) is 6.29 Å². The summed E-state index contributed by atoms with van der Waals surface area (Å²) in [5.41, 5.74) is -0.564. The molecule has 94 valence electrons. The molecule has 0 aliphatic heterocycles. The lowest BCUT2D eigenvalue weighted by atomic mass is 9.73. The van der Waals surface area contributed by atoms with E-state index in [2.05, 4.69) is 0 Å². The lowest BCUT2D eigenvalue weighted by Crippen LogP contribution is -2.39. The summed E-state index contributed by atoms with van der Waals surface area (Å²) in [6, 6.07) is 17.2. The first-order valence-electron chi connectivity index (χ1n) is 5.82. The van der Waals surface area contributed by atoms with E-state index >= 15 is 0 Å². The molecule has 0 aromatic heterocycles. The standard InChI is InChI=1S/C16H12O3/c17-11-15(19)16(12-18,13-7-3-1-4-8-13)14-9-5-2-6-10-14/h1-12H. The number of benzene rings is 2. The SMILES string of the molecule is O=CC(=O)C(C=O)(c1ccccc1)c1ccccc1. The summed E-state index contributed by atoms with van der Waals surface area (Å²) < 4.78 is 0. The zero-order valence-electron chi connectivity index (χ0n) is 10.2. The molecular formula is C16H12O3. The number of rotatable bonds is 5. The molecule has 2 rings (SSSR count). The highest BCUT2D eigenvalue weighted by molar-refractivity contribution is 6.35. The van der Waals surface area contributed by atoms with Crippen LogP contribution in [0.5, 0.6) is 0 Å². The Morgan fingerprint density at radius 2 is 1.21 bits per heavy atom. The van der Waals surface area contributed by atoms with Gasteiger partial charge in [0.2, 0.25) is 5.78 Å². The Kier molecular flexibility index (Phi) is 3.66. The topological polar surface area (TPSA) is 51.2 Å². The molecule has 2 aromatic carbocycles. The number of Topliss-reactive ketones (excluding diaryl/α,β-unsaturated/α-hetero) is 1. The van der Waals surface area contributed by atoms with Crippen molar-refractivity contribution in [2.24, 2.45) is 0 Å². The number of ketones is 1. The molecule has 0 N–H and O–H groups in total. The van der Waals surface area contributed by atoms with Crippen molar-refractivity contribution in [1.29, 1.82) is 0 Å². The van der Waals surface area contributed by atoms with Gasteiger partial charge >= 0.3 is 0 Å². The van der Waals surface area contributed by atoms with Gasteiger partial charge in [-0.3, -0.25) is 9.59 Å². The van der Waals surface area contributed by atoms with Gasteiger partial charge in [0, 0.05) is 0 Å². The van der Waals surface area contributed by atoms with Gasteiger partial charge in [0.15, 0.2) is 6.29 Å². The average Bonchev–Trinajstić information content (AvgIpc) is 2.50. The minimum absolute atomic E-state index is 0.203. The molecule has 0 saturated heterocycles. The van der Waals surface area contributed by atoms with Crippen molar-refractivity contribution in [2.75, 3.05) is 0 Å². The molecule has 0 unspecified atom stereocenters. The Morgan fingerprint density at radius 1 is 0.789 bits per heavy atom. The van der Waals surface area contributed by atoms with Gasteiger partial charge in [-0.2, -0.15) is 0 Å². The summed E-state index contributed by atoms with van der Waals surface area (Å²) in [6.07, 6.45) is 0.739. The second kappa shape index (κ2) is 5.40. The Hall–Kier alpha value is -2.55. The van der Waals surface area contributed by atoms with Gasteiger partial charge in [-0.15, -0.1) is 0 Å². The van der Waals surface area contributed by atoms with Crippen molar-refractivity contribution in [3.05, 3.63) is 71.8 Å². The van der Waals surface area contributed by atoms with Crippen LogP contribution in [-0.4, -0.2) is 18.4 Å². The zero-order valence-corrected chi connectivity index (χ0v) is 10.2. The maximum Gasteiger partial charge on any atom is 0.217 e. The fraction of sp³-hybridized carbons (Fsp3) is 0.0625. The van der Waals surface area contributed by atoms with E-state index < -0.39 is 11.2 Å². The Labute approximate surface area is 110 Å². The third-order valence-electron chi connectivity index (χ3n) is 3.13. The van der Waals surface area contributed by atoms with Crippen molar-refractivity contribution < 1.29 is 14.4 Å². The van der Waals surface area contributed by atoms with Crippen LogP contribution in [0.15, 0.2) is 60.7 Å². The lowest BCUT2D eigenvalue weighted by molar-refractivity contribution is -0.135. The molecule has 0 fully saturated rings. The van der Waals surface area contributed by atoms with E-state index in [1.54, 1.807) is 60.7 Å². The van der Waals surface area contributed by atoms with E-state index in [1.165, 1.54) is 0 Å². The highest BCUT2D eigenvalue weighted by Crippen LogP contribution is 2.30. The van der Waals surface area contributed by atoms with Crippen molar-refractivity contribution in [2.45, 2.75) is 5.41 Å². The van der Waals surface area contributed by atoms with Gasteiger partial charge in [0.25, 0.3) is 0 Å². The Balaban J connectivity index is 2.73. The van der Waals surface area contributed by atoms with Crippen molar-refractivity contribution in [1.82, 2.24) is 0 Å². The fourth-order valence-corrected chi connectivity index (χ4v) is 2.14. The Bertz CT molecular complexity index is 548. The second-order valence-electron chi connectivity index (χ2n) is 4.14. The smallest absolute Gasteiger partial charge is 0.217 e. The first-order chi connectivity index (χ1) is 9.25. The normalized spacial score (nSPS) is 10.7. The first-order valence-corrected chi connectivity index (χ1v) is 5.82. The highest BCUT2D eigenvalue weighted by Gasteiger charge is 2.41. The fourth-order valence-electron chi connectivity index (χ4n) is 2.14. The molecule has 3 heteroatoms. The summed E-state index contributed by atoms with van der Waals surface area (Å²) in [4.78, 5) is 34.7. The van der Waals surface area contributed by atoms with Crippen LogP contribution >= 0.6 is 0 Å². The van der Waals surface area contributed by atoms with E-state index in [4.69, 9.17) is 0 Å². The predicted octanol–water partition coefficient (Wildman–Crippen LogP) is 1.94. The van der Waals surface area contributed by atoms with Crippen molar-refractivity contribution in [3.8, 4) is 0 Å². The molecule has 2 aromatic rings. The summed E-state index contributed by atoms with van der Waals surface area (Å²) in [5, 5.41) is 0. The summed E-state index contributed by atoms with van der Waals surface area (Å²) in [7, 11) is 0. The van der Waals surface area contributed by atoms with Crippen molar-refractivity contribution >= 4 is 18.4 Å². The van der Waals surface area contributed by atoms with Gasteiger partial charge in [0.1, 0.15) is 11.7 Å². The molecule has 0 aliphatic carbocycles. The van der Waals surface area contributed by atoms with Gasteiger partial charge in [0.05, 0.1) is 0 Å². The molecular weight excluding hydrogens is 240 g/mol. The van der Waals surface area contributed by atoms with Crippen LogP contribution in [0, 0.1) is 0 Å². The van der Waals surface area contributed by atoms with Crippen LogP contribution in [0.2, 0.25) is 0 Å². The predicted molar refractivity (Wildman–Crippen MR) is 70.8 cm³/mol. The third-order valence-corrected chi connectivity index (χ3v) is 3.13. The van der Waals surface area contributed by atoms with E-state index in [1.807, 2.05) is 0 Å². The van der Waals surface area contributed by atoms with Crippen molar-refractivity contribution in [3.63, 3.8) is 0 Å². The molecule has 0 bridgehead atoms. The summed E-state index contributed by atoms with van der Waals surface area (Å²) in [6.45, 7) is 0. The monoisotopic (exact) mass is 252 g/mol. The van der Waals surface area contributed by atoms with E-state index in [0.29, 0.717) is 17.4 Å². The minimum atomic E-state index is -1.55. The molecule has 0 aliphatic rings. The van der Waals surface area contributed by atoms with Gasteiger partial charge in [-0.05, 0) is 11.1 Å². The quantitative estimate of drug-likeness (QED) is 0.464. The molecule has 0 saturated carbocycles. The van der Waals surface area contributed by atoms with Gasteiger partial charge < -0.3 is 4.79 Å². The zero-order chi connectivity index (χ0) is 13.7. The lowest BCUT2D eigenvalue weighted by Gasteiger charge is -2.25. The second-order valence-corrected chi connectivity index (χ2v) is 4.14. The van der Waals surface area contributed by atoms with Crippen LogP contribution < -0.4 is 0 Å². The molecule has 3 nitrogen and oxygen atoms in total. The number of carbonyl (C=O) groups is 3. The van der Waals surface area contributed by atoms with Gasteiger partial charge in [-0.25, -0.2) is 0 Å². The number of hydrogen-bond acceptors (Lipinski definition) is 3.